The molecular weight excluding hydrogens is 246 g/mol. The first-order chi connectivity index (χ1) is 9.92. The minimum absolute atomic E-state index is 0.871. The molecule has 2 heterocycles. The van der Waals surface area contributed by atoms with Gasteiger partial charge in [0.2, 0.25) is 0 Å². The summed E-state index contributed by atoms with van der Waals surface area (Å²) in [6.45, 7) is 9.10. The second-order valence-corrected chi connectivity index (χ2v) is 7.19. The first-order valence-corrected chi connectivity index (χ1v) is 9.09. The molecule has 3 rings (SSSR count). The van der Waals surface area contributed by atoms with Crippen molar-refractivity contribution >= 4 is 0 Å². The number of rotatable bonds is 6. The summed E-state index contributed by atoms with van der Waals surface area (Å²) < 4.78 is 0. The zero-order valence-electron chi connectivity index (χ0n) is 13.2. The number of nitrogens with one attached hydrogen (secondary N) is 1. The highest BCUT2D eigenvalue weighted by molar-refractivity contribution is 4.85. The van der Waals surface area contributed by atoms with E-state index in [1.165, 1.54) is 97.2 Å². The first kappa shape index (κ1) is 14.8. The molecule has 0 bridgehead atoms. The summed E-state index contributed by atoms with van der Waals surface area (Å²) in [5.41, 5.74) is 0. The third-order valence-electron chi connectivity index (χ3n) is 5.67. The van der Waals surface area contributed by atoms with Crippen molar-refractivity contribution in [1.82, 2.24) is 15.1 Å². The third kappa shape index (κ3) is 4.19. The maximum atomic E-state index is 3.71. The molecule has 0 radical (unpaired) electrons. The molecule has 3 aliphatic rings. The van der Waals surface area contributed by atoms with Crippen LogP contribution >= 0.6 is 0 Å². The Bertz CT molecular complexity index is 269. The van der Waals surface area contributed by atoms with Crippen LogP contribution in [-0.4, -0.2) is 61.7 Å². The van der Waals surface area contributed by atoms with Crippen molar-refractivity contribution < 1.29 is 0 Å². The zero-order chi connectivity index (χ0) is 13.6. The molecular formula is C17H33N3. The summed E-state index contributed by atoms with van der Waals surface area (Å²) in [5, 5.41) is 3.71. The van der Waals surface area contributed by atoms with Crippen molar-refractivity contribution in [2.45, 2.75) is 57.4 Å². The van der Waals surface area contributed by atoms with Gasteiger partial charge in [-0.1, -0.05) is 19.3 Å². The lowest BCUT2D eigenvalue weighted by atomic mass is 9.89. The molecule has 0 amide bonds. The third-order valence-corrected chi connectivity index (χ3v) is 5.67. The quantitative estimate of drug-likeness (QED) is 0.753. The second kappa shape index (κ2) is 7.77. The van der Waals surface area contributed by atoms with E-state index in [4.69, 9.17) is 0 Å². The highest BCUT2D eigenvalue weighted by Crippen LogP contribution is 2.23. The molecule has 116 valence electrons. The first-order valence-electron chi connectivity index (χ1n) is 9.09. The van der Waals surface area contributed by atoms with Crippen molar-refractivity contribution in [2.24, 2.45) is 5.92 Å². The van der Waals surface area contributed by atoms with Crippen LogP contribution in [0.25, 0.3) is 0 Å². The highest BCUT2D eigenvalue weighted by Gasteiger charge is 2.28. The van der Waals surface area contributed by atoms with Crippen molar-refractivity contribution in [3.05, 3.63) is 0 Å². The number of likely N-dealkylation sites (tertiary alicyclic amines) is 2. The largest absolute Gasteiger partial charge is 0.315 e. The molecule has 3 fully saturated rings. The van der Waals surface area contributed by atoms with Gasteiger partial charge >= 0.3 is 0 Å². The summed E-state index contributed by atoms with van der Waals surface area (Å²) in [7, 11) is 0. The normalized spacial score (nSPS) is 30.3. The van der Waals surface area contributed by atoms with Gasteiger partial charge < -0.3 is 10.2 Å². The smallest absolute Gasteiger partial charge is 0.0235 e. The standard InChI is InChI=1S/C17H33N3/c1-2-6-16(7-3-1)14-18-9-13-19-12-8-17(15-19)20-10-4-5-11-20/h16-18H,1-15H2. The van der Waals surface area contributed by atoms with Gasteiger partial charge in [-0.15, -0.1) is 0 Å². The van der Waals surface area contributed by atoms with Gasteiger partial charge in [0.05, 0.1) is 0 Å². The summed E-state index contributed by atoms with van der Waals surface area (Å²) in [5.74, 6) is 0.972. The van der Waals surface area contributed by atoms with Crippen LogP contribution in [0.1, 0.15) is 51.4 Å². The molecule has 1 saturated carbocycles. The topological polar surface area (TPSA) is 18.5 Å². The Kier molecular flexibility index (Phi) is 5.75. The number of nitrogens with zero attached hydrogens (tertiary/aromatic N) is 2. The molecule has 2 saturated heterocycles. The molecule has 0 aromatic rings. The van der Waals surface area contributed by atoms with Crippen LogP contribution in [0.3, 0.4) is 0 Å². The fourth-order valence-corrected chi connectivity index (χ4v) is 4.35. The molecule has 0 aromatic heterocycles. The molecule has 0 aromatic carbocycles. The minimum atomic E-state index is 0.871. The predicted molar refractivity (Wildman–Crippen MR) is 85.1 cm³/mol. The van der Waals surface area contributed by atoms with Gasteiger partial charge in [-0.25, -0.2) is 0 Å². The van der Waals surface area contributed by atoms with Crippen LogP contribution in [-0.2, 0) is 0 Å². The van der Waals surface area contributed by atoms with Gasteiger partial charge in [0, 0.05) is 25.7 Å². The highest BCUT2D eigenvalue weighted by atomic mass is 15.3. The molecule has 3 nitrogen and oxygen atoms in total. The maximum Gasteiger partial charge on any atom is 0.0235 e. The van der Waals surface area contributed by atoms with E-state index in [0.717, 1.165) is 12.0 Å². The van der Waals surface area contributed by atoms with Gasteiger partial charge in [0.15, 0.2) is 0 Å². The van der Waals surface area contributed by atoms with E-state index in [9.17, 15) is 0 Å². The van der Waals surface area contributed by atoms with Gasteiger partial charge in [-0.05, 0) is 64.2 Å². The van der Waals surface area contributed by atoms with E-state index < -0.39 is 0 Å². The molecule has 1 atom stereocenters. The van der Waals surface area contributed by atoms with Crippen LogP contribution in [0.4, 0.5) is 0 Å². The number of hydrogen-bond acceptors (Lipinski definition) is 3. The van der Waals surface area contributed by atoms with E-state index >= 15 is 0 Å². The van der Waals surface area contributed by atoms with Crippen LogP contribution in [0.5, 0.6) is 0 Å². The van der Waals surface area contributed by atoms with Crippen LogP contribution in [0.15, 0.2) is 0 Å². The van der Waals surface area contributed by atoms with Crippen molar-refractivity contribution in [3.63, 3.8) is 0 Å². The Hall–Kier alpha value is -0.120. The summed E-state index contributed by atoms with van der Waals surface area (Å²) in [6.07, 6.45) is 11.6. The van der Waals surface area contributed by atoms with E-state index in [1.54, 1.807) is 0 Å². The zero-order valence-corrected chi connectivity index (χ0v) is 13.2. The molecule has 1 unspecified atom stereocenters. The maximum absolute atomic E-state index is 3.71. The Balaban J connectivity index is 1.25. The second-order valence-electron chi connectivity index (χ2n) is 7.19. The lowest BCUT2D eigenvalue weighted by molar-refractivity contribution is 0.231. The Morgan fingerprint density at radius 2 is 1.65 bits per heavy atom. The molecule has 0 spiro atoms. The van der Waals surface area contributed by atoms with Crippen molar-refractivity contribution in [2.75, 3.05) is 45.8 Å². The molecule has 2 aliphatic heterocycles. The fraction of sp³-hybridized carbons (Fsp3) is 1.00. The minimum Gasteiger partial charge on any atom is -0.315 e. The molecule has 3 heteroatoms. The number of hydrogen-bond donors (Lipinski definition) is 1. The Labute approximate surface area is 125 Å². The van der Waals surface area contributed by atoms with E-state index in [2.05, 4.69) is 15.1 Å². The predicted octanol–water partition coefficient (Wildman–Crippen LogP) is 2.33. The van der Waals surface area contributed by atoms with Crippen LogP contribution in [0.2, 0.25) is 0 Å². The van der Waals surface area contributed by atoms with Crippen LogP contribution in [0, 0.1) is 5.92 Å². The van der Waals surface area contributed by atoms with Gasteiger partial charge in [-0.3, -0.25) is 4.90 Å². The monoisotopic (exact) mass is 279 g/mol. The van der Waals surface area contributed by atoms with E-state index in [1.807, 2.05) is 0 Å². The Morgan fingerprint density at radius 1 is 0.850 bits per heavy atom. The van der Waals surface area contributed by atoms with Crippen molar-refractivity contribution in [1.29, 1.82) is 0 Å². The summed E-state index contributed by atoms with van der Waals surface area (Å²) in [6, 6.07) is 0.871. The van der Waals surface area contributed by atoms with Crippen molar-refractivity contribution in [3.8, 4) is 0 Å². The molecule has 1 aliphatic carbocycles. The fourth-order valence-electron chi connectivity index (χ4n) is 4.35. The summed E-state index contributed by atoms with van der Waals surface area (Å²) >= 11 is 0. The average molecular weight is 279 g/mol. The lowest BCUT2D eigenvalue weighted by Crippen LogP contribution is -2.37. The van der Waals surface area contributed by atoms with E-state index in [0.29, 0.717) is 0 Å². The van der Waals surface area contributed by atoms with E-state index in [-0.39, 0.29) is 0 Å². The molecule has 20 heavy (non-hydrogen) atoms. The van der Waals surface area contributed by atoms with Crippen LogP contribution < -0.4 is 5.32 Å². The summed E-state index contributed by atoms with van der Waals surface area (Å²) in [4.78, 5) is 5.41. The lowest BCUT2D eigenvalue weighted by Gasteiger charge is -2.24. The SMILES string of the molecule is C1CCC(CNCCN2CCC(N3CCCC3)C2)CC1. The van der Waals surface area contributed by atoms with Gasteiger partial charge in [0.25, 0.3) is 0 Å². The Morgan fingerprint density at radius 3 is 2.45 bits per heavy atom. The molecule has 1 N–H and O–H groups in total. The van der Waals surface area contributed by atoms with Gasteiger partial charge in [-0.2, -0.15) is 0 Å². The van der Waals surface area contributed by atoms with Gasteiger partial charge in [0.1, 0.15) is 0 Å². The average Bonchev–Trinajstić information content (AvgIpc) is 3.15.